The third-order valence-corrected chi connectivity index (χ3v) is 4.01. The average molecular weight is 348 g/mol. The van der Waals surface area contributed by atoms with Gasteiger partial charge in [0.2, 0.25) is 0 Å². The van der Waals surface area contributed by atoms with Crippen molar-refractivity contribution in [2.45, 2.75) is 6.42 Å². The van der Waals surface area contributed by atoms with E-state index in [1.165, 1.54) is 0 Å². The summed E-state index contributed by atoms with van der Waals surface area (Å²) in [6, 6.07) is 21.2. The van der Waals surface area contributed by atoms with Gasteiger partial charge in [0, 0.05) is 34.6 Å². The Morgan fingerprint density at radius 2 is 1.80 bits per heavy atom. The number of nitrogens with zero attached hydrogens (tertiary/aromatic N) is 2. The van der Waals surface area contributed by atoms with Crippen molar-refractivity contribution in [2.75, 3.05) is 5.73 Å². The molecule has 0 amide bonds. The van der Waals surface area contributed by atoms with Gasteiger partial charge in [0.1, 0.15) is 0 Å². The zero-order valence-corrected chi connectivity index (χ0v) is 14.4. The number of pyridine rings is 1. The van der Waals surface area contributed by atoms with Gasteiger partial charge in [0.05, 0.1) is 11.4 Å². The van der Waals surface area contributed by atoms with Crippen LogP contribution < -0.4 is 5.73 Å². The molecular formula is C21H18ClN3. The van der Waals surface area contributed by atoms with Gasteiger partial charge in [-0.05, 0) is 35.9 Å². The van der Waals surface area contributed by atoms with Crippen LogP contribution in [0, 0.1) is 0 Å². The molecule has 0 bridgehead atoms. The van der Waals surface area contributed by atoms with Crippen molar-refractivity contribution in [1.29, 1.82) is 0 Å². The zero-order chi connectivity index (χ0) is 17.6. The van der Waals surface area contributed by atoms with Crippen molar-refractivity contribution in [3.05, 3.63) is 101 Å². The largest absolute Gasteiger partial charge is 0.398 e. The molecule has 0 fully saturated rings. The van der Waals surface area contributed by atoms with Crippen LogP contribution in [-0.2, 0) is 6.42 Å². The lowest BCUT2D eigenvalue weighted by Crippen LogP contribution is -1.96. The minimum absolute atomic E-state index is 0.598. The fourth-order valence-corrected chi connectivity index (χ4v) is 2.52. The molecule has 4 heteroatoms. The summed E-state index contributed by atoms with van der Waals surface area (Å²) in [5.74, 6) is 0. The summed E-state index contributed by atoms with van der Waals surface area (Å²) >= 11 is 5.93. The molecule has 25 heavy (non-hydrogen) atoms. The maximum Gasteiger partial charge on any atom is 0.0883 e. The monoisotopic (exact) mass is 347 g/mol. The van der Waals surface area contributed by atoms with Gasteiger partial charge in [-0.2, -0.15) is 0 Å². The van der Waals surface area contributed by atoms with E-state index in [9.17, 15) is 0 Å². The van der Waals surface area contributed by atoms with Gasteiger partial charge in [0.25, 0.3) is 0 Å². The van der Waals surface area contributed by atoms with Crippen LogP contribution in [0.1, 0.15) is 22.5 Å². The number of para-hydroxylation sites is 1. The van der Waals surface area contributed by atoms with Gasteiger partial charge < -0.3 is 5.73 Å². The van der Waals surface area contributed by atoms with E-state index in [2.05, 4.69) is 16.6 Å². The Hall–Kier alpha value is -2.91. The van der Waals surface area contributed by atoms with Gasteiger partial charge in [-0.3, -0.25) is 9.98 Å². The third kappa shape index (κ3) is 4.55. The molecule has 0 aliphatic heterocycles. The second-order valence-corrected chi connectivity index (χ2v) is 6.09. The molecular weight excluding hydrogens is 330 g/mol. The fourth-order valence-electron chi connectivity index (χ4n) is 2.39. The molecule has 1 heterocycles. The fraction of sp³-hybridized carbons (Fsp3) is 0.0476. The minimum atomic E-state index is 0.598. The molecule has 0 unspecified atom stereocenters. The molecule has 0 aliphatic carbocycles. The first kappa shape index (κ1) is 16.9. The lowest BCUT2D eigenvalue weighted by molar-refractivity contribution is 1.06. The molecule has 3 aromatic rings. The molecule has 3 rings (SSSR count). The normalized spacial score (nSPS) is 10.9. The van der Waals surface area contributed by atoms with E-state index in [0.717, 1.165) is 34.0 Å². The molecule has 0 atom stereocenters. The number of benzene rings is 2. The molecule has 124 valence electrons. The molecule has 2 aromatic carbocycles. The van der Waals surface area contributed by atoms with Crippen molar-refractivity contribution < 1.29 is 0 Å². The highest BCUT2D eigenvalue weighted by Crippen LogP contribution is 2.16. The van der Waals surface area contributed by atoms with E-state index in [1.807, 2.05) is 66.7 Å². The SMILES string of the molecule is C=C(N=Cc1ccccc1N)c1cccc(Cc2ccc(Cl)cc2)n1. The van der Waals surface area contributed by atoms with Crippen LogP contribution in [0.25, 0.3) is 5.70 Å². The topological polar surface area (TPSA) is 51.3 Å². The molecule has 2 N–H and O–H groups in total. The van der Waals surface area contributed by atoms with Crippen LogP contribution in [-0.4, -0.2) is 11.2 Å². The Labute approximate surface area is 152 Å². The summed E-state index contributed by atoms with van der Waals surface area (Å²) in [6.45, 7) is 4.01. The Kier molecular flexibility index (Phi) is 5.26. The number of aliphatic imine (C=N–C) groups is 1. The molecule has 0 radical (unpaired) electrons. The van der Waals surface area contributed by atoms with Crippen molar-refractivity contribution >= 4 is 29.2 Å². The third-order valence-electron chi connectivity index (χ3n) is 3.76. The van der Waals surface area contributed by atoms with Gasteiger partial charge in [-0.1, -0.05) is 54.6 Å². The maximum atomic E-state index is 5.93. The zero-order valence-electron chi connectivity index (χ0n) is 13.7. The summed E-state index contributed by atoms with van der Waals surface area (Å²) in [5.41, 5.74) is 10.9. The molecule has 1 aromatic heterocycles. The van der Waals surface area contributed by atoms with Crippen molar-refractivity contribution in [3.8, 4) is 0 Å². The number of hydrogen-bond donors (Lipinski definition) is 1. The Morgan fingerprint density at radius 3 is 2.56 bits per heavy atom. The first-order valence-corrected chi connectivity index (χ1v) is 8.28. The van der Waals surface area contributed by atoms with Crippen LogP contribution in [0.4, 0.5) is 5.69 Å². The molecule has 0 saturated heterocycles. The number of anilines is 1. The highest BCUT2D eigenvalue weighted by Gasteiger charge is 2.03. The quantitative estimate of drug-likeness (QED) is 0.521. The predicted molar refractivity (Wildman–Crippen MR) is 106 cm³/mol. The molecule has 3 nitrogen and oxygen atoms in total. The van der Waals surface area contributed by atoms with Crippen molar-refractivity contribution in [1.82, 2.24) is 4.98 Å². The Balaban J connectivity index is 1.75. The van der Waals surface area contributed by atoms with Crippen molar-refractivity contribution in [2.24, 2.45) is 4.99 Å². The molecule has 0 spiro atoms. The minimum Gasteiger partial charge on any atom is -0.398 e. The van der Waals surface area contributed by atoms with E-state index in [4.69, 9.17) is 17.3 Å². The molecule has 0 saturated carbocycles. The van der Waals surface area contributed by atoms with E-state index >= 15 is 0 Å². The molecule has 0 aliphatic rings. The first-order chi connectivity index (χ1) is 12.1. The van der Waals surface area contributed by atoms with Crippen LogP contribution in [0.5, 0.6) is 0 Å². The first-order valence-electron chi connectivity index (χ1n) is 7.90. The van der Waals surface area contributed by atoms with Crippen LogP contribution >= 0.6 is 11.6 Å². The highest BCUT2D eigenvalue weighted by atomic mass is 35.5. The summed E-state index contributed by atoms with van der Waals surface area (Å²) in [6.07, 6.45) is 2.44. The van der Waals surface area contributed by atoms with E-state index in [0.29, 0.717) is 11.4 Å². The number of aromatic nitrogens is 1. The standard InChI is InChI=1S/C21H18ClN3/c1-15(24-14-17-5-2-3-7-20(17)23)21-8-4-6-19(25-21)13-16-9-11-18(22)12-10-16/h2-12,14H,1,13,23H2. The Morgan fingerprint density at radius 1 is 1.04 bits per heavy atom. The van der Waals surface area contributed by atoms with Gasteiger partial charge in [-0.15, -0.1) is 0 Å². The van der Waals surface area contributed by atoms with E-state index < -0.39 is 0 Å². The van der Waals surface area contributed by atoms with E-state index in [1.54, 1.807) is 6.21 Å². The summed E-state index contributed by atoms with van der Waals surface area (Å²) in [7, 11) is 0. The number of nitrogens with two attached hydrogens (primary N) is 1. The van der Waals surface area contributed by atoms with Crippen molar-refractivity contribution in [3.63, 3.8) is 0 Å². The predicted octanol–water partition coefficient (Wildman–Crippen LogP) is 5.00. The van der Waals surface area contributed by atoms with E-state index in [-0.39, 0.29) is 0 Å². The summed E-state index contributed by atoms with van der Waals surface area (Å²) in [5, 5.41) is 0.730. The lowest BCUT2D eigenvalue weighted by atomic mass is 10.1. The smallest absolute Gasteiger partial charge is 0.0883 e. The van der Waals surface area contributed by atoms with Crippen LogP contribution in [0.3, 0.4) is 0 Å². The summed E-state index contributed by atoms with van der Waals surface area (Å²) < 4.78 is 0. The Bertz CT molecular complexity index is 914. The second kappa shape index (κ2) is 7.77. The number of halogens is 1. The number of rotatable bonds is 5. The summed E-state index contributed by atoms with van der Waals surface area (Å²) in [4.78, 5) is 9.05. The maximum absolute atomic E-state index is 5.93. The highest BCUT2D eigenvalue weighted by molar-refractivity contribution is 6.30. The van der Waals surface area contributed by atoms with Gasteiger partial charge in [-0.25, -0.2) is 0 Å². The van der Waals surface area contributed by atoms with Crippen LogP contribution in [0.2, 0.25) is 5.02 Å². The number of hydrogen-bond acceptors (Lipinski definition) is 3. The van der Waals surface area contributed by atoms with Gasteiger partial charge >= 0.3 is 0 Å². The lowest BCUT2D eigenvalue weighted by Gasteiger charge is -2.05. The number of nitrogen functional groups attached to an aromatic ring is 1. The second-order valence-electron chi connectivity index (χ2n) is 5.65. The van der Waals surface area contributed by atoms with Gasteiger partial charge in [0.15, 0.2) is 0 Å². The van der Waals surface area contributed by atoms with Crippen LogP contribution in [0.15, 0.2) is 78.3 Å². The average Bonchev–Trinajstić information content (AvgIpc) is 2.63.